The van der Waals surface area contributed by atoms with E-state index >= 15 is 0 Å². The molecule has 3 heterocycles. The van der Waals surface area contributed by atoms with Crippen LogP contribution in [-0.4, -0.2) is 30.1 Å². The summed E-state index contributed by atoms with van der Waals surface area (Å²) in [5, 5.41) is 3.65. The van der Waals surface area contributed by atoms with Crippen LogP contribution in [0.1, 0.15) is 35.5 Å². The van der Waals surface area contributed by atoms with E-state index in [1.54, 1.807) is 18.1 Å². The summed E-state index contributed by atoms with van der Waals surface area (Å²) in [4.78, 5) is 27.1. The van der Waals surface area contributed by atoms with Crippen molar-refractivity contribution in [3.8, 4) is 0 Å². The minimum absolute atomic E-state index is 0.0288. The third-order valence-corrected chi connectivity index (χ3v) is 6.04. The Hall–Kier alpha value is -2.48. The number of hydrogen-bond donors (Lipinski definition) is 2. The van der Waals surface area contributed by atoms with Crippen molar-refractivity contribution >= 4 is 34.0 Å². The maximum atomic E-state index is 12.5. The van der Waals surface area contributed by atoms with Crippen molar-refractivity contribution in [2.75, 3.05) is 24.2 Å². The molecule has 0 saturated heterocycles. The number of nitrogen functional groups attached to an aromatic ring is 1. The van der Waals surface area contributed by atoms with Gasteiger partial charge in [0, 0.05) is 23.3 Å². The maximum absolute atomic E-state index is 12.5. The van der Waals surface area contributed by atoms with E-state index in [0.29, 0.717) is 36.8 Å². The summed E-state index contributed by atoms with van der Waals surface area (Å²) in [6.45, 7) is 3.19. The minimum Gasteiger partial charge on any atom is -0.469 e. The topological polar surface area (TPSA) is 97.8 Å². The number of nitrogens with zero attached hydrogens (tertiary/aromatic N) is 1. The van der Waals surface area contributed by atoms with Gasteiger partial charge < -0.3 is 25.1 Å². The SMILES string of the molecule is CCOC(=O)N1CCc2c(sc(NC(=O)C3CC3c3ccco3)c2N)C1. The standard InChI is InChI=1S/C18H21N3O4S/c1-2-24-18(23)21-6-5-10-14(9-21)26-17(15(10)19)20-16(22)12-8-11(12)13-4-3-7-25-13/h3-4,7,11-12H,2,5-6,8-9,19H2,1H3,(H,20,22). The van der Waals surface area contributed by atoms with Crippen LogP contribution in [0.5, 0.6) is 0 Å². The lowest BCUT2D eigenvalue weighted by atomic mass is 10.1. The van der Waals surface area contributed by atoms with Crippen LogP contribution in [0.15, 0.2) is 22.8 Å². The Morgan fingerprint density at radius 3 is 3.08 bits per heavy atom. The summed E-state index contributed by atoms with van der Waals surface area (Å²) in [5.41, 5.74) is 7.90. The molecule has 2 amide bonds. The van der Waals surface area contributed by atoms with Crippen molar-refractivity contribution in [2.45, 2.75) is 32.2 Å². The summed E-state index contributed by atoms with van der Waals surface area (Å²) < 4.78 is 10.4. The lowest BCUT2D eigenvalue weighted by Gasteiger charge is -2.26. The Bertz CT molecular complexity index is 830. The van der Waals surface area contributed by atoms with Crippen LogP contribution >= 0.6 is 11.3 Å². The van der Waals surface area contributed by atoms with E-state index in [2.05, 4.69) is 5.32 Å². The van der Waals surface area contributed by atoms with E-state index < -0.39 is 0 Å². The van der Waals surface area contributed by atoms with Crippen molar-refractivity contribution in [2.24, 2.45) is 5.92 Å². The molecule has 3 N–H and O–H groups in total. The molecular weight excluding hydrogens is 354 g/mol. The zero-order valence-electron chi connectivity index (χ0n) is 14.5. The van der Waals surface area contributed by atoms with E-state index in [-0.39, 0.29) is 23.8 Å². The first-order valence-electron chi connectivity index (χ1n) is 8.74. The molecule has 2 unspecified atom stereocenters. The van der Waals surface area contributed by atoms with Gasteiger partial charge in [-0.15, -0.1) is 11.3 Å². The quantitative estimate of drug-likeness (QED) is 0.855. The minimum atomic E-state index is -0.310. The first-order valence-corrected chi connectivity index (χ1v) is 9.56. The van der Waals surface area contributed by atoms with Crippen LogP contribution in [0, 0.1) is 5.92 Å². The van der Waals surface area contributed by atoms with Gasteiger partial charge in [0.25, 0.3) is 0 Å². The highest BCUT2D eigenvalue weighted by Gasteiger charge is 2.46. The molecule has 0 aromatic carbocycles. The van der Waals surface area contributed by atoms with Gasteiger partial charge in [-0.05, 0) is 37.5 Å². The molecule has 2 aromatic heterocycles. The molecule has 0 bridgehead atoms. The van der Waals surface area contributed by atoms with Crippen molar-refractivity contribution in [1.29, 1.82) is 0 Å². The van der Waals surface area contributed by atoms with Crippen LogP contribution in [0.25, 0.3) is 0 Å². The number of thiophene rings is 1. The number of amides is 2. The summed E-state index contributed by atoms with van der Waals surface area (Å²) in [6, 6.07) is 3.74. The second kappa shape index (κ2) is 6.68. The number of carbonyl (C=O) groups is 2. The summed E-state index contributed by atoms with van der Waals surface area (Å²) in [5.74, 6) is 0.906. The molecule has 26 heavy (non-hydrogen) atoms. The molecular formula is C18H21N3O4S. The summed E-state index contributed by atoms with van der Waals surface area (Å²) >= 11 is 1.44. The number of nitrogens with one attached hydrogen (secondary N) is 1. The first kappa shape index (κ1) is 17.0. The van der Waals surface area contributed by atoms with Crippen LogP contribution in [0.2, 0.25) is 0 Å². The second-order valence-electron chi connectivity index (χ2n) is 6.57. The van der Waals surface area contributed by atoms with Gasteiger partial charge in [-0.2, -0.15) is 0 Å². The predicted octanol–water partition coefficient (Wildman–Crippen LogP) is 3.18. The number of furan rings is 1. The van der Waals surface area contributed by atoms with Gasteiger partial charge in [-0.25, -0.2) is 4.79 Å². The van der Waals surface area contributed by atoms with E-state index in [1.807, 2.05) is 12.1 Å². The maximum Gasteiger partial charge on any atom is 0.410 e. The number of rotatable bonds is 4. The van der Waals surface area contributed by atoms with E-state index in [0.717, 1.165) is 22.6 Å². The monoisotopic (exact) mass is 375 g/mol. The van der Waals surface area contributed by atoms with Crippen LogP contribution in [0.3, 0.4) is 0 Å². The van der Waals surface area contributed by atoms with Crippen molar-refractivity contribution in [3.63, 3.8) is 0 Å². The molecule has 1 saturated carbocycles. The molecule has 2 atom stereocenters. The lowest BCUT2D eigenvalue weighted by Crippen LogP contribution is -2.35. The van der Waals surface area contributed by atoms with Gasteiger partial charge in [-0.3, -0.25) is 4.79 Å². The molecule has 0 spiro atoms. The highest BCUT2D eigenvalue weighted by molar-refractivity contribution is 7.17. The van der Waals surface area contributed by atoms with Gasteiger partial charge >= 0.3 is 6.09 Å². The zero-order valence-corrected chi connectivity index (χ0v) is 15.3. The van der Waals surface area contributed by atoms with E-state index in [9.17, 15) is 9.59 Å². The molecule has 1 fully saturated rings. The largest absolute Gasteiger partial charge is 0.469 e. The number of fused-ring (bicyclic) bond motifs is 1. The second-order valence-corrected chi connectivity index (χ2v) is 7.68. The number of anilines is 2. The molecule has 7 nitrogen and oxygen atoms in total. The smallest absolute Gasteiger partial charge is 0.410 e. The molecule has 1 aliphatic heterocycles. The van der Waals surface area contributed by atoms with E-state index in [1.165, 1.54) is 11.3 Å². The van der Waals surface area contributed by atoms with Crippen molar-refractivity contribution < 1.29 is 18.7 Å². The van der Waals surface area contributed by atoms with Crippen LogP contribution in [0.4, 0.5) is 15.5 Å². The van der Waals surface area contributed by atoms with Gasteiger partial charge in [0.05, 0.1) is 25.1 Å². The molecule has 1 aliphatic carbocycles. The van der Waals surface area contributed by atoms with Gasteiger partial charge in [0.1, 0.15) is 10.8 Å². The highest BCUT2D eigenvalue weighted by atomic mass is 32.1. The average Bonchev–Trinajstić information content (AvgIpc) is 3.13. The number of ether oxygens (including phenoxy) is 1. The number of hydrogen-bond acceptors (Lipinski definition) is 6. The molecule has 2 aromatic rings. The van der Waals surface area contributed by atoms with Gasteiger partial charge in [-0.1, -0.05) is 0 Å². The Labute approximate surface area is 155 Å². The number of nitrogens with two attached hydrogens (primary N) is 1. The fraction of sp³-hybridized carbons (Fsp3) is 0.444. The summed E-state index contributed by atoms with van der Waals surface area (Å²) in [6.07, 6.45) is 2.78. The molecule has 0 radical (unpaired) electrons. The Morgan fingerprint density at radius 1 is 1.50 bits per heavy atom. The average molecular weight is 375 g/mol. The predicted molar refractivity (Wildman–Crippen MR) is 98.1 cm³/mol. The fourth-order valence-corrected chi connectivity index (χ4v) is 4.58. The van der Waals surface area contributed by atoms with Crippen molar-refractivity contribution in [3.05, 3.63) is 34.6 Å². The highest BCUT2D eigenvalue weighted by Crippen LogP contribution is 2.49. The van der Waals surface area contributed by atoms with Crippen LogP contribution < -0.4 is 11.1 Å². The molecule has 2 aliphatic rings. The Kier molecular flexibility index (Phi) is 4.36. The van der Waals surface area contributed by atoms with Crippen molar-refractivity contribution in [1.82, 2.24) is 4.90 Å². The third kappa shape index (κ3) is 3.05. The molecule has 8 heteroatoms. The fourth-order valence-electron chi connectivity index (χ4n) is 3.40. The Morgan fingerprint density at radius 2 is 2.35 bits per heavy atom. The molecule has 4 rings (SSSR count). The number of carbonyl (C=O) groups excluding carboxylic acids is 2. The first-order chi connectivity index (χ1) is 12.6. The normalized spacial score (nSPS) is 21.2. The van der Waals surface area contributed by atoms with E-state index in [4.69, 9.17) is 14.9 Å². The molecule has 138 valence electrons. The zero-order chi connectivity index (χ0) is 18.3. The van der Waals surface area contributed by atoms with Gasteiger partial charge in [0.15, 0.2) is 0 Å². The van der Waals surface area contributed by atoms with Gasteiger partial charge in [0.2, 0.25) is 5.91 Å². The van der Waals surface area contributed by atoms with Crippen LogP contribution in [-0.2, 0) is 22.5 Å². The summed E-state index contributed by atoms with van der Waals surface area (Å²) in [7, 11) is 0. The third-order valence-electron chi connectivity index (χ3n) is 4.90. The lowest BCUT2D eigenvalue weighted by molar-refractivity contribution is -0.117. The Balaban J connectivity index is 1.43.